The standard InChI is InChI=1S/C29H33BrN2O2S/c1-21(2)31-29(34)27(19-23-8-5-4-6-9-23)32(20-24-10-7-11-25(30)18-24)28(33)16-17-35-26-14-12-22(3)13-15-26/h4-15,18,21,27H,16-17,19-20H2,1-3H3,(H,31,34). The molecule has 1 unspecified atom stereocenters. The Balaban J connectivity index is 1.84. The molecule has 6 heteroatoms. The molecule has 0 radical (unpaired) electrons. The van der Waals surface area contributed by atoms with E-state index >= 15 is 0 Å². The van der Waals surface area contributed by atoms with Crippen LogP contribution in [0.15, 0.2) is 88.2 Å². The molecular formula is C29H33BrN2O2S. The minimum atomic E-state index is -0.601. The summed E-state index contributed by atoms with van der Waals surface area (Å²) in [5.41, 5.74) is 3.22. The first kappa shape index (κ1) is 27.0. The van der Waals surface area contributed by atoms with Crippen molar-refractivity contribution in [2.75, 3.05) is 5.75 Å². The molecule has 0 aliphatic rings. The lowest BCUT2D eigenvalue weighted by Gasteiger charge is -2.32. The lowest BCUT2D eigenvalue weighted by atomic mass is 10.0. The molecule has 0 aliphatic heterocycles. The van der Waals surface area contributed by atoms with Crippen molar-refractivity contribution in [1.29, 1.82) is 0 Å². The van der Waals surface area contributed by atoms with Crippen LogP contribution in [0, 0.1) is 6.92 Å². The van der Waals surface area contributed by atoms with E-state index in [-0.39, 0.29) is 17.9 Å². The molecule has 0 fully saturated rings. The van der Waals surface area contributed by atoms with E-state index in [2.05, 4.69) is 52.4 Å². The molecule has 0 aliphatic carbocycles. The number of halogens is 1. The normalized spacial score (nSPS) is 11.8. The Kier molecular flexibility index (Phi) is 10.4. The van der Waals surface area contributed by atoms with Gasteiger partial charge in [0.25, 0.3) is 0 Å². The van der Waals surface area contributed by atoms with Crippen molar-refractivity contribution in [1.82, 2.24) is 10.2 Å². The summed E-state index contributed by atoms with van der Waals surface area (Å²) in [5.74, 6) is 0.503. The van der Waals surface area contributed by atoms with E-state index in [1.165, 1.54) is 5.56 Å². The quantitative estimate of drug-likeness (QED) is 0.280. The molecule has 2 amide bonds. The number of nitrogens with one attached hydrogen (secondary N) is 1. The summed E-state index contributed by atoms with van der Waals surface area (Å²) in [5, 5.41) is 3.04. The molecule has 0 bridgehead atoms. The lowest BCUT2D eigenvalue weighted by Crippen LogP contribution is -2.51. The first-order chi connectivity index (χ1) is 16.8. The first-order valence-electron chi connectivity index (χ1n) is 11.9. The Labute approximate surface area is 221 Å². The third-order valence-electron chi connectivity index (χ3n) is 5.55. The molecule has 0 saturated heterocycles. The smallest absolute Gasteiger partial charge is 0.243 e. The zero-order valence-electron chi connectivity index (χ0n) is 20.5. The topological polar surface area (TPSA) is 49.4 Å². The van der Waals surface area contributed by atoms with Crippen LogP contribution in [0.3, 0.4) is 0 Å². The molecule has 3 aromatic carbocycles. The molecule has 1 atom stereocenters. The van der Waals surface area contributed by atoms with Crippen molar-refractivity contribution in [3.63, 3.8) is 0 Å². The predicted octanol–water partition coefficient (Wildman–Crippen LogP) is 6.40. The first-order valence-corrected chi connectivity index (χ1v) is 13.7. The average Bonchev–Trinajstić information content (AvgIpc) is 2.82. The molecule has 3 aromatic rings. The zero-order valence-corrected chi connectivity index (χ0v) is 22.9. The van der Waals surface area contributed by atoms with Crippen molar-refractivity contribution in [2.45, 2.75) is 57.1 Å². The maximum atomic E-state index is 13.6. The number of carbonyl (C=O) groups excluding carboxylic acids is 2. The number of nitrogens with zero attached hydrogens (tertiary/aromatic N) is 1. The number of thioether (sulfide) groups is 1. The predicted molar refractivity (Wildman–Crippen MR) is 148 cm³/mol. The van der Waals surface area contributed by atoms with Gasteiger partial charge in [-0.15, -0.1) is 11.8 Å². The van der Waals surface area contributed by atoms with Gasteiger partial charge in [-0.2, -0.15) is 0 Å². The molecule has 35 heavy (non-hydrogen) atoms. The highest BCUT2D eigenvalue weighted by Gasteiger charge is 2.30. The van der Waals surface area contributed by atoms with Crippen molar-refractivity contribution in [2.24, 2.45) is 0 Å². The molecule has 0 spiro atoms. The second-order valence-corrected chi connectivity index (χ2v) is 11.0. The fraction of sp³-hybridized carbons (Fsp3) is 0.310. The van der Waals surface area contributed by atoms with Gasteiger partial charge >= 0.3 is 0 Å². The summed E-state index contributed by atoms with van der Waals surface area (Å²) in [6.45, 7) is 6.32. The van der Waals surface area contributed by atoms with Gasteiger partial charge in [-0.1, -0.05) is 76.1 Å². The van der Waals surface area contributed by atoms with Crippen LogP contribution in [0.4, 0.5) is 0 Å². The Morgan fingerprint density at radius 2 is 1.63 bits per heavy atom. The Hall–Kier alpha value is -2.57. The average molecular weight is 554 g/mol. The van der Waals surface area contributed by atoms with Crippen LogP contribution in [0.1, 0.15) is 37.0 Å². The lowest BCUT2D eigenvalue weighted by molar-refractivity contribution is -0.141. The van der Waals surface area contributed by atoms with E-state index in [1.807, 2.05) is 68.4 Å². The number of rotatable bonds is 11. The monoisotopic (exact) mass is 552 g/mol. The van der Waals surface area contributed by atoms with Crippen LogP contribution >= 0.6 is 27.7 Å². The van der Waals surface area contributed by atoms with Crippen LogP contribution in [0.2, 0.25) is 0 Å². The summed E-state index contributed by atoms with van der Waals surface area (Å²) in [6, 6.07) is 25.5. The van der Waals surface area contributed by atoms with Gasteiger partial charge in [-0.25, -0.2) is 0 Å². The van der Waals surface area contributed by atoms with Gasteiger partial charge in [0.1, 0.15) is 6.04 Å². The van der Waals surface area contributed by atoms with Gasteiger partial charge in [0.15, 0.2) is 0 Å². The van der Waals surface area contributed by atoms with E-state index in [1.54, 1.807) is 16.7 Å². The highest BCUT2D eigenvalue weighted by atomic mass is 79.9. The number of hydrogen-bond donors (Lipinski definition) is 1. The van der Waals surface area contributed by atoms with Crippen molar-refractivity contribution in [3.05, 3.63) is 100 Å². The fourth-order valence-electron chi connectivity index (χ4n) is 3.80. The fourth-order valence-corrected chi connectivity index (χ4v) is 5.09. The summed E-state index contributed by atoms with van der Waals surface area (Å²) in [6.07, 6.45) is 0.817. The van der Waals surface area contributed by atoms with E-state index in [4.69, 9.17) is 0 Å². The van der Waals surface area contributed by atoms with Crippen LogP contribution in [0.25, 0.3) is 0 Å². The molecule has 0 saturated carbocycles. The molecule has 0 heterocycles. The minimum absolute atomic E-state index is 0.0133. The van der Waals surface area contributed by atoms with Crippen LogP contribution < -0.4 is 5.32 Å². The Bertz CT molecular complexity index is 1100. The highest BCUT2D eigenvalue weighted by Crippen LogP contribution is 2.22. The molecule has 0 aromatic heterocycles. The number of amides is 2. The minimum Gasteiger partial charge on any atom is -0.352 e. The number of aryl methyl sites for hydroxylation is 1. The van der Waals surface area contributed by atoms with E-state index < -0.39 is 6.04 Å². The summed E-state index contributed by atoms with van der Waals surface area (Å²) < 4.78 is 0.948. The third-order valence-corrected chi connectivity index (χ3v) is 7.06. The SMILES string of the molecule is Cc1ccc(SCCC(=O)N(Cc2cccc(Br)c2)C(Cc2ccccc2)C(=O)NC(C)C)cc1. The molecule has 184 valence electrons. The maximum absolute atomic E-state index is 13.6. The van der Waals surface area contributed by atoms with E-state index in [0.29, 0.717) is 25.1 Å². The number of benzene rings is 3. The van der Waals surface area contributed by atoms with E-state index in [9.17, 15) is 9.59 Å². The van der Waals surface area contributed by atoms with Crippen LogP contribution in [-0.2, 0) is 22.6 Å². The summed E-state index contributed by atoms with van der Waals surface area (Å²) in [7, 11) is 0. The summed E-state index contributed by atoms with van der Waals surface area (Å²) in [4.78, 5) is 29.9. The molecular weight excluding hydrogens is 520 g/mol. The number of carbonyl (C=O) groups is 2. The Morgan fingerprint density at radius 3 is 2.29 bits per heavy atom. The van der Waals surface area contributed by atoms with Crippen LogP contribution in [-0.4, -0.2) is 34.6 Å². The van der Waals surface area contributed by atoms with Gasteiger partial charge < -0.3 is 10.2 Å². The summed E-state index contributed by atoms with van der Waals surface area (Å²) >= 11 is 5.19. The van der Waals surface area contributed by atoms with Crippen molar-refractivity contribution < 1.29 is 9.59 Å². The zero-order chi connectivity index (χ0) is 25.2. The van der Waals surface area contributed by atoms with E-state index in [0.717, 1.165) is 20.5 Å². The Morgan fingerprint density at radius 1 is 0.943 bits per heavy atom. The third kappa shape index (κ3) is 8.86. The second-order valence-electron chi connectivity index (χ2n) is 8.93. The van der Waals surface area contributed by atoms with Crippen molar-refractivity contribution in [3.8, 4) is 0 Å². The highest BCUT2D eigenvalue weighted by molar-refractivity contribution is 9.10. The van der Waals surface area contributed by atoms with Gasteiger partial charge in [0, 0.05) is 40.5 Å². The number of hydrogen-bond acceptors (Lipinski definition) is 3. The van der Waals surface area contributed by atoms with Gasteiger partial charge in [-0.05, 0) is 56.2 Å². The molecule has 3 rings (SSSR count). The van der Waals surface area contributed by atoms with Gasteiger partial charge in [0.2, 0.25) is 11.8 Å². The molecule has 1 N–H and O–H groups in total. The van der Waals surface area contributed by atoms with Gasteiger partial charge in [0.05, 0.1) is 0 Å². The van der Waals surface area contributed by atoms with Gasteiger partial charge in [-0.3, -0.25) is 9.59 Å². The molecule has 4 nitrogen and oxygen atoms in total. The van der Waals surface area contributed by atoms with Crippen LogP contribution in [0.5, 0.6) is 0 Å². The largest absolute Gasteiger partial charge is 0.352 e. The van der Waals surface area contributed by atoms with Crippen molar-refractivity contribution >= 4 is 39.5 Å². The second kappa shape index (κ2) is 13.5. The maximum Gasteiger partial charge on any atom is 0.243 e.